The SMILES string of the molecule is Cc1ccc(C2=NC(CBr)(c3ccccc3)CC2(C)C)cc1. The normalized spacial score (nSPS) is 23.4. The minimum absolute atomic E-state index is 0.0683. The van der Waals surface area contributed by atoms with Crippen LogP contribution < -0.4 is 0 Å². The molecule has 0 saturated heterocycles. The molecule has 0 fully saturated rings. The van der Waals surface area contributed by atoms with Crippen molar-refractivity contribution in [2.75, 3.05) is 5.33 Å². The van der Waals surface area contributed by atoms with Gasteiger partial charge in [0.1, 0.15) is 0 Å². The molecule has 2 aromatic carbocycles. The van der Waals surface area contributed by atoms with Crippen molar-refractivity contribution < 1.29 is 0 Å². The van der Waals surface area contributed by atoms with Gasteiger partial charge in [0, 0.05) is 16.5 Å². The van der Waals surface area contributed by atoms with Gasteiger partial charge < -0.3 is 0 Å². The van der Waals surface area contributed by atoms with E-state index in [0.29, 0.717) is 0 Å². The number of hydrogen-bond donors (Lipinski definition) is 0. The largest absolute Gasteiger partial charge is 0.276 e. The molecule has 1 atom stereocenters. The Morgan fingerprint density at radius 1 is 1.00 bits per heavy atom. The average Bonchev–Trinajstić information content (AvgIpc) is 2.81. The van der Waals surface area contributed by atoms with Crippen molar-refractivity contribution in [3.8, 4) is 0 Å². The molecule has 1 nitrogen and oxygen atoms in total. The molecule has 1 heterocycles. The summed E-state index contributed by atoms with van der Waals surface area (Å²) < 4.78 is 0. The van der Waals surface area contributed by atoms with E-state index in [0.717, 1.165) is 11.8 Å². The van der Waals surface area contributed by atoms with Gasteiger partial charge in [-0.05, 0) is 24.5 Å². The molecule has 0 N–H and O–H groups in total. The Labute approximate surface area is 141 Å². The smallest absolute Gasteiger partial charge is 0.0965 e. The molecule has 1 aliphatic rings. The number of aryl methyl sites for hydroxylation is 1. The minimum atomic E-state index is -0.162. The van der Waals surface area contributed by atoms with Crippen molar-refractivity contribution in [3.05, 3.63) is 71.3 Å². The zero-order chi connectivity index (χ0) is 15.8. The summed E-state index contributed by atoms with van der Waals surface area (Å²) in [7, 11) is 0. The lowest BCUT2D eigenvalue weighted by Crippen LogP contribution is -2.27. The Hall–Kier alpha value is -1.41. The maximum Gasteiger partial charge on any atom is 0.0965 e. The quantitative estimate of drug-likeness (QED) is 0.644. The van der Waals surface area contributed by atoms with Crippen molar-refractivity contribution >= 4 is 21.6 Å². The van der Waals surface area contributed by atoms with E-state index in [1.165, 1.54) is 22.4 Å². The molecular weight excluding hydrogens is 334 g/mol. The Balaban J connectivity index is 2.10. The molecule has 0 radical (unpaired) electrons. The van der Waals surface area contributed by atoms with Crippen LogP contribution in [0.4, 0.5) is 0 Å². The van der Waals surface area contributed by atoms with Gasteiger partial charge >= 0.3 is 0 Å². The fourth-order valence-corrected chi connectivity index (χ4v) is 4.10. The van der Waals surface area contributed by atoms with Crippen LogP contribution in [0.15, 0.2) is 59.6 Å². The van der Waals surface area contributed by atoms with Crippen LogP contribution >= 0.6 is 15.9 Å². The van der Waals surface area contributed by atoms with Crippen LogP contribution in [0.1, 0.15) is 37.0 Å². The highest BCUT2D eigenvalue weighted by Crippen LogP contribution is 2.48. The highest BCUT2D eigenvalue weighted by molar-refractivity contribution is 9.09. The first-order valence-corrected chi connectivity index (χ1v) is 8.88. The fourth-order valence-electron chi connectivity index (χ4n) is 3.46. The summed E-state index contributed by atoms with van der Waals surface area (Å²) in [6.45, 7) is 6.73. The first-order chi connectivity index (χ1) is 10.5. The number of benzene rings is 2. The predicted molar refractivity (Wildman–Crippen MR) is 98.0 cm³/mol. The van der Waals surface area contributed by atoms with Crippen LogP contribution in [0.2, 0.25) is 0 Å². The predicted octanol–water partition coefficient (Wildman–Crippen LogP) is 5.50. The first kappa shape index (κ1) is 15.5. The topological polar surface area (TPSA) is 12.4 Å². The first-order valence-electron chi connectivity index (χ1n) is 7.76. The van der Waals surface area contributed by atoms with E-state index < -0.39 is 0 Å². The number of alkyl halides is 1. The summed E-state index contributed by atoms with van der Waals surface area (Å²) in [5.74, 6) is 0. The summed E-state index contributed by atoms with van der Waals surface area (Å²) in [4.78, 5) is 5.23. The van der Waals surface area contributed by atoms with Gasteiger partial charge in [-0.1, -0.05) is 89.9 Å². The summed E-state index contributed by atoms with van der Waals surface area (Å²) in [5, 5.41) is 0.850. The van der Waals surface area contributed by atoms with Gasteiger partial charge in [-0.15, -0.1) is 0 Å². The number of rotatable bonds is 3. The summed E-state index contributed by atoms with van der Waals surface area (Å²) in [5.41, 5.74) is 4.95. The maximum absolute atomic E-state index is 5.23. The van der Waals surface area contributed by atoms with Crippen LogP contribution in [-0.4, -0.2) is 11.0 Å². The maximum atomic E-state index is 5.23. The molecule has 0 bridgehead atoms. The Morgan fingerprint density at radius 3 is 2.23 bits per heavy atom. The Bertz CT molecular complexity index is 685. The summed E-state index contributed by atoms with van der Waals surface area (Å²) >= 11 is 3.73. The molecule has 22 heavy (non-hydrogen) atoms. The van der Waals surface area contributed by atoms with Crippen molar-refractivity contribution in [2.24, 2.45) is 10.4 Å². The summed E-state index contributed by atoms with van der Waals surface area (Å²) in [6.07, 6.45) is 1.03. The van der Waals surface area contributed by atoms with Crippen LogP contribution in [-0.2, 0) is 5.54 Å². The van der Waals surface area contributed by atoms with Crippen molar-refractivity contribution in [1.82, 2.24) is 0 Å². The molecule has 0 spiro atoms. The van der Waals surface area contributed by atoms with E-state index in [2.05, 4.69) is 91.3 Å². The molecule has 0 amide bonds. The lowest BCUT2D eigenvalue weighted by molar-refractivity contribution is 0.383. The highest BCUT2D eigenvalue weighted by Gasteiger charge is 2.46. The van der Waals surface area contributed by atoms with Gasteiger partial charge in [0.2, 0.25) is 0 Å². The monoisotopic (exact) mass is 355 g/mol. The van der Waals surface area contributed by atoms with Gasteiger partial charge in [-0.25, -0.2) is 0 Å². The van der Waals surface area contributed by atoms with Crippen LogP contribution in [0.25, 0.3) is 0 Å². The summed E-state index contributed by atoms with van der Waals surface area (Å²) in [6, 6.07) is 19.4. The number of aliphatic imine (C=N–C) groups is 1. The molecule has 0 saturated carbocycles. The molecule has 0 aliphatic carbocycles. The lowest BCUT2D eigenvalue weighted by Gasteiger charge is -2.28. The number of hydrogen-bond acceptors (Lipinski definition) is 1. The van der Waals surface area contributed by atoms with Crippen molar-refractivity contribution in [3.63, 3.8) is 0 Å². The second-order valence-corrected chi connectivity index (χ2v) is 7.48. The van der Waals surface area contributed by atoms with Gasteiger partial charge in [0.05, 0.1) is 5.54 Å². The minimum Gasteiger partial charge on any atom is -0.276 e. The number of nitrogens with zero attached hydrogens (tertiary/aromatic N) is 1. The van der Waals surface area contributed by atoms with Gasteiger partial charge in [0.15, 0.2) is 0 Å². The molecule has 1 aliphatic heterocycles. The third-order valence-electron chi connectivity index (χ3n) is 4.56. The zero-order valence-corrected chi connectivity index (χ0v) is 15.0. The van der Waals surface area contributed by atoms with Gasteiger partial charge in [0.25, 0.3) is 0 Å². The van der Waals surface area contributed by atoms with E-state index >= 15 is 0 Å². The van der Waals surface area contributed by atoms with Crippen LogP contribution in [0, 0.1) is 12.3 Å². The van der Waals surface area contributed by atoms with Crippen molar-refractivity contribution in [1.29, 1.82) is 0 Å². The standard InChI is InChI=1S/C20H22BrN/c1-15-9-11-16(12-10-15)18-19(2,3)13-20(14-21,22-18)17-7-5-4-6-8-17/h4-12H,13-14H2,1-3H3. The average molecular weight is 356 g/mol. The molecule has 1 unspecified atom stereocenters. The van der Waals surface area contributed by atoms with Crippen LogP contribution in [0.3, 0.4) is 0 Å². The fraction of sp³-hybridized carbons (Fsp3) is 0.350. The second kappa shape index (κ2) is 5.66. The van der Waals surface area contributed by atoms with E-state index in [-0.39, 0.29) is 11.0 Å². The third-order valence-corrected chi connectivity index (χ3v) is 5.49. The second-order valence-electron chi connectivity index (χ2n) is 6.92. The van der Waals surface area contributed by atoms with Gasteiger partial charge in [-0.2, -0.15) is 0 Å². The highest BCUT2D eigenvalue weighted by atomic mass is 79.9. The number of halogens is 1. The lowest BCUT2D eigenvalue weighted by atomic mass is 9.76. The molecule has 114 valence electrons. The van der Waals surface area contributed by atoms with E-state index in [4.69, 9.17) is 4.99 Å². The molecule has 2 aromatic rings. The van der Waals surface area contributed by atoms with Crippen LogP contribution in [0.5, 0.6) is 0 Å². The third kappa shape index (κ3) is 2.65. The Kier molecular flexibility index (Phi) is 3.98. The molecule has 0 aromatic heterocycles. The molecule has 2 heteroatoms. The Morgan fingerprint density at radius 2 is 1.64 bits per heavy atom. The van der Waals surface area contributed by atoms with E-state index in [1.54, 1.807) is 0 Å². The zero-order valence-electron chi connectivity index (χ0n) is 13.4. The van der Waals surface area contributed by atoms with Gasteiger partial charge in [-0.3, -0.25) is 4.99 Å². The van der Waals surface area contributed by atoms with E-state index in [9.17, 15) is 0 Å². The molecular formula is C20H22BrN. The molecule has 3 rings (SSSR count). The van der Waals surface area contributed by atoms with E-state index in [1.807, 2.05) is 0 Å². The van der Waals surface area contributed by atoms with Crippen molar-refractivity contribution in [2.45, 2.75) is 32.7 Å².